The van der Waals surface area contributed by atoms with E-state index in [1.54, 1.807) is 13.0 Å². The zero-order valence-electron chi connectivity index (χ0n) is 16.0. The van der Waals surface area contributed by atoms with Gasteiger partial charge in [0, 0.05) is 24.8 Å². The number of aromatic nitrogens is 2. The van der Waals surface area contributed by atoms with Gasteiger partial charge in [0.2, 0.25) is 5.91 Å². The van der Waals surface area contributed by atoms with Crippen LogP contribution in [-0.4, -0.2) is 33.7 Å². The van der Waals surface area contributed by atoms with Crippen LogP contribution >= 0.6 is 0 Å². The molecular formula is C21H26N4O2. The Balaban J connectivity index is 1.56. The second kappa shape index (κ2) is 7.27. The Morgan fingerprint density at radius 2 is 2.11 bits per heavy atom. The maximum Gasteiger partial charge on any atom is 0.267 e. The van der Waals surface area contributed by atoms with Crippen LogP contribution in [0.4, 0.5) is 5.69 Å². The summed E-state index contributed by atoms with van der Waals surface area (Å²) in [6.07, 6.45) is 3.73. The predicted octanol–water partition coefficient (Wildman–Crippen LogP) is 2.31. The fourth-order valence-corrected chi connectivity index (χ4v) is 4.10. The van der Waals surface area contributed by atoms with Crippen molar-refractivity contribution in [2.24, 2.45) is 0 Å². The highest BCUT2D eigenvalue weighted by Gasteiger charge is 2.23. The van der Waals surface area contributed by atoms with Gasteiger partial charge in [-0.05, 0) is 61.9 Å². The van der Waals surface area contributed by atoms with Crippen LogP contribution in [0.1, 0.15) is 48.7 Å². The summed E-state index contributed by atoms with van der Waals surface area (Å²) < 4.78 is 1.33. The molecule has 1 aromatic heterocycles. The molecule has 1 N–H and O–H groups in total. The van der Waals surface area contributed by atoms with Crippen molar-refractivity contribution in [1.82, 2.24) is 14.7 Å². The average Bonchev–Trinajstić information content (AvgIpc) is 3.13. The van der Waals surface area contributed by atoms with Crippen LogP contribution in [0.25, 0.3) is 0 Å². The zero-order chi connectivity index (χ0) is 19.0. The summed E-state index contributed by atoms with van der Waals surface area (Å²) in [5.41, 5.74) is 5.10. The largest absolute Gasteiger partial charge is 0.324 e. The monoisotopic (exact) mass is 366 g/mol. The summed E-state index contributed by atoms with van der Waals surface area (Å²) >= 11 is 0. The van der Waals surface area contributed by atoms with Crippen molar-refractivity contribution < 1.29 is 4.79 Å². The number of amides is 1. The molecule has 1 amide bonds. The summed E-state index contributed by atoms with van der Waals surface area (Å²) in [6.45, 7) is 6.84. The van der Waals surface area contributed by atoms with E-state index < -0.39 is 6.04 Å². The fraction of sp³-hybridized carbons (Fsp3) is 0.476. The van der Waals surface area contributed by atoms with Gasteiger partial charge in [0.15, 0.2) is 0 Å². The molecule has 2 aromatic rings. The number of fused-ring (bicyclic) bond motifs is 2. The van der Waals surface area contributed by atoms with Crippen molar-refractivity contribution in [3.05, 3.63) is 57.0 Å². The molecule has 0 saturated carbocycles. The van der Waals surface area contributed by atoms with E-state index >= 15 is 0 Å². The molecule has 2 aliphatic rings. The first-order valence-corrected chi connectivity index (χ1v) is 9.82. The van der Waals surface area contributed by atoms with Crippen LogP contribution in [-0.2, 0) is 30.6 Å². The van der Waals surface area contributed by atoms with Crippen LogP contribution in [0.2, 0.25) is 0 Å². The van der Waals surface area contributed by atoms with Gasteiger partial charge in [-0.1, -0.05) is 19.1 Å². The van der Waals surface area contributed by atoms with Crippen molar-refractivity contribution in [2.75, 3.05) is 18.4 Å². The number of carbonyl (C=O) groups is 1. The Hall–Kier alpha value is -2.47. The van der Waals surface area contributed by atoms with Gasteiger partial charge in [-0.15, -0.1) is 0 Å². The molecule has 2 heterocycles. The maximum absolute atomic E-state index is 12.9. The Morgan fingerprint density at radius 3 is 2.93 bits per heavy atom. The number of nitrogens with one attached hydrogen (secondary N) is 1. The molecule has 1 aliphatic carbocycles. The highest BCUT2D eigenvalue weighted by atomic mass is 16.2. The fourth-order valence-electron chi connectivity index (χ4n) is 4.10. The van der Waals surface area contributed by atoms with E-state index in [1.807, 2.05) is 12.1 Å². The number of hydrogen-bond acceptors (Lipinski definition) is 4. The summed E-state index contributed by atoms with van der Waals surface area (Å²) in [5.74, 6) is -0.200. The minimum Gasteiger partial charge on any atom is -0.324 e. The third-order valence-electron chi connectivity index (χ3n) is 5.78. The number of benzene rings is 1. The van der Waals surface area contributed by atoms with Crippen LogP contribution in [0.3, 0.4) is 0 Å². The molecule has 1 unspecified atom stereocenters. The highest BCUT2D eigenvalue weighted by Crippen LogP contribution is 2.27. The number of hydrogen-bond donors (Lipinski definition) is 1. The summed E-state index contributed by atoms with van der Waals surface area (Å²) in [4.78, 5) is 27.6. The van der Waals surface area contributed by atoms with E-state index in [2.05, 4.69) is 28.3 Å². The van der Waals surface area contributed by atoms with E-state index in [4.69, 9.17) is 0 Å². The summed E-state index contributed by atoms with van der Waals surface area (Å²) in [7, 11) is 0. The second-order valence-corrected chi connectivity index (χ2v) is 7.48. The Morgan fingerprint density at radius 1 is 1.26 bits per heavy atom. The zero-order valence-corrected chi connectivity index (χ0v) is 16.0. The number of carbonyl (C=O) groups excluding carboxylic acids is 1. The summed E-state index contributed by atoms with van der Waals surface area (Å²) in [6, 6.07) is 7.06. The molecule has 0 bridgehead atoms. The van der Waals surface area contributed by atoms with E-state index in [1.165, 1.54) is 15.8 Å². The van der Waals surface area contributed by atoms with E-state index in [0.717, 1.165) is 62.3 Å². The summed E-state index contributed by atoms with van der Waals surface area (Å²) in [5, 5.41) is 7.50. The van der Waals surface area contributed by atoms with Gasteiger partial charge < -0.3 is 5.32 Å². The highest BCUT2D eigenvalue weighted by molar-refractivity contribution is 5.94. The predicted molar refractivity (Wildman–Crippen MR) is 105 cm³/mol. The lowest BCUT2D eigenvalue weighted by atomic mass is 9.97. The van der Waals surface area contributed by atoms with E-state index in [9.17, 15) is 9.59 Å². The number of rotatable bonds is 4. The molecule has 6 heteroatoms. The molecule has 0 radical (unpaired) electrons. The van der Waals surface area contributed by atoms with Crippen LogP contribution in [0, 0.1) is 0 Å². The lowest BCUT2D eigenvalue weighted by molar-refractivity contribution is -0.119. The van der Waals surface area contributed by atoms with Crippen LogP contribution in [0.15, 0.2) is 29.1 Å². The first-order valence-electron chi connectivity index (χ1n) is 9.82. The minimum atomic E-state index is -0.644. The standard InChI is InChI=1S/C21H26N4O2/c1-3-24-11-10-17-16(13-24)7-5-9-19(17)22-21(27)14(2)25-20(26)12-15-6-4-8-18(15)23-25/h5,7,9,12,14H,3-4,6,8,10-11,13H2,1-2H3,(H,22,27). The van der Waals surface area contributed by atoms with Crippen molar-refractivity contribution in [1.29, 1.82) is 0 Å². The molecule has 142 valence electrons. The van der Waals surface area contributed by atoms with Crippen molar-refractivity contribution in [3.8, 4) is 0 Å². The van der Waals surface area contributed by atoms with Gasteiger partial charge in [-0.25, -0.2) is 4.68 Å². The smallest absolute Gasteiger partial charge is 0.267 e. The Labute approximate surface area is 159 Å². The van der Waals surface area contributed by atoms with Gasteiger partial charge in [0.05, 0.1) is 5.69 Å². The van der Waals surface area contributed by atoms with E-state index in [-0.39, 0.29) is 11.5 Å². The van der Waals surface area contributed by atoms with Gasteiger partial charge in [0.25, 0.3) is 5.56 Å². The number of nitrogens with zero attached hydrogens (tertiary/aromatic N) is 3. The molecule has 1 aliphatic heterocycles. The topological polar surface area (TPSA) is 67.2 Å². The van der Waals surface area contributed by atoms with Crippen molar-refractivity contribution in [3.63, 3.8) is 0 Å². The first kappa shape index (κ1) is 17.9. The van der Waals surface area contributed by atoms with Crippen LogP contribution in [0.5, 0.6) is 0 Å². The Bertz CT molecular complexity index is 934. The number of aryl methyl sites for hydroxylation is 2. The van der Waals surface area contributed by atoms with Gasteiger partial charge >= 0.3 is 0 Å². The third-order valence-corrected chi connectivity index (χ3v) is 5.78. The third kappa shape index (κ3) is 3.41. The average molecular weight is 366 g/mol. The van der Waals surface area contributed by atoms with Crippen LogP contribution < -0.4 is 10.9 Å². The SMILES string of the molecule is CCN1CCc2c(cccc2NC(=O)C(C)n2nc3c(cc2=O)CCC3)C1. The molecule has 4 rings (SSSR count). The maximum atomic E-state index is 12.9. The number of likely N-dealkylation sites (N-methyl/N-ethyl adjacent to an activating group) is 1. The van der Waals surface area contributed by atoms with Gasteiger partial charge in [-0.2, -0.15) is 5.10 Å². The lowest BCUT2D eigenvalue weighted by Crippen LogP contribution is -2.35. The lowest BCUT2D eigenvalue weighted by Gasteiger charge is -2.29. The first-order chi connectivity index (χ1) is 13.1. The van der Waals surface area contributed by atoms with Crippen molar-refractivity contribution >= 4 is 11.6 Å². The molecule has 1 aromatic carbocycles. The van der Waals surface area contributed by atoms with Gasteiger partial charge in [-0.3, -0.25) is 14.5 Å². The number of anilines is 1. The molecule has 27 heavy (non-hydrogen) atoms. The molecular weight excluding hydrogens is 340 g/mol. The molecule has 0 spiro atoms. The van der Waals surface area contributed by atoms with Gasteiger partial charge in [0.1, 0.15) is 6.04 Å². The Kier molecular flexibility index (Phi) is 4.83. The minimum absolute atomic E-state index is 0.200. The normalized spacial score (nSPS) is 17.3. The molecule has 0 saturated heterocycles. The molecule has 6 nitrogen and oxygen atoms in total. The van der Waals surface area contributed by atoms with E-state index in [0.29, 0.717) is 0 Å². The second-order valence-electron chi connectivity index (χ2n) is 7.48. The van der Waals surface area contributed by atoms with Crippen molar-refractivity contribution in [2.45, 2.75) is 52.1 Å². The molecule has 1 atom stereocenters. The molecule has 0 fully saturated rings. The quantitative estimate of drug-likeness (QED) is 0.902.